The van der Waals surface area contributed by atoms with Crippen molar-refractivity contribution in [2.75, 3.05) is 7.05 Å². The molecule has 0 aliphatic heterocycles. The lowest BCUT2D eigenvalue weighted by Crippen LogP contribution is -2.17. The van der Waals surface area contributed by atoms with Crippen LogP contribution < -0.4 is 0 Å². The van der Waals surface area contributed by atoms with E-state index in [1.807, 2.05) is 27.7 Å². The largest absolute Gasteiger partial charge is 0.319 e. The monoisotopic (exact) mass is 185 g/mol. The number of hydrogen-bond donors (Lipinski definition) is 0. The van der Waals surface area contributed by atoms with Crippen molar-refractivity contribution in [3.63, 3.8) is 0 Å². The van der Waals surface area contributed by atoms with E-state index < -0.39 is 0 Å². The van der Waals surface area contributed by atoms with Crippen LogP contribution in [0.25, 0.3) is 0 Å². The number of carbonyl (C=O) groups excluding carboxylic acids is 1. The predicted molar refractivity (Wildman–Crippen MR) is 60.5 cm³/mol. The quantitative estimate of drug-likeness (QED) is 0.605. The molecule has 0 saturated carbocycles. The fourth-order valence-electron chi connectivity index (χ4n) is 0.350. The first-order valence-electron chi connectivity index (χ1n) is 4.74. The van der Waals surface area contributed by atoms with Gasteiger partial charge in [0.25, 0.3) is 0 Å². The van der Waals surface area contributed by atoms with Gasteiger partial charge in [0, 0.05) is 7.05 Å². The highest BCUT2D eigenvalue weighted by atomic mass is 16.2. The van der Waals surface area contributed by atoms with Crippen molar-refractivity contribution < 1.29 is 4.79 Å². The highest BCUT2D eigenvalue weighted by molar-refractivity contribution is 5.87. The smallest absolute Gasteiger partial charge is 0.249 e. The van der Waals surface area contributed by atoms with Gasteiger partial charge in [-0.2, -0.15) is 0 Å². The fourth-order valence-corrected chi connectivity index (χ4v) is 0.350. The van der Waals surface area contributed by atoms with Gasteiger partial charge in [0.05, 0.1) is 0 Å². The highest BCUT2D eigenvalue weighted by Crippen LogP contribution is 1.84. The van der Waals surface area contributed by atoms with Crippen LogP contribution in [0.3, 0.4) is 0 Å². The minimum Gasteiger partial charge on any atom is -0.319 e. The topological polar surface area (TPSA) is 20.3 Å². The van der Waals surface area contributed by atoms with Gasteiger partial charge in [-0.3, -0.25) is 4.79 Å². The number of likely N-dealkylation sites (N-methyl/N-ethyl adjacent to an activating group) is 1. The summed E-state index contributed by atoms with van der Waals surface area (Å²) >= 11 is 0. The molecule has 0 aliphatic carbocycles. The lowest BCUT2D eigenvalue weighted by Gasteiger charge is -2.05. The van der Waals surface area contributed by atoms with E-state index >= 15 is 0 Å². The van der Waals surface area contributed by atoms with Crippen LogP contribution in [-0.4, -0.2) is 17.9 Å². The molecule has 0 aromatic heterocycles. The van der Waals surface area contributed by atoms with E-state index in [2.05, 4.69) is 6.58 Å². The van der Waals surface area contributed by atoms with Crippen molar-refractivity contribution in [3.8, 4) is 0 Å². The van der Waals surface area contributed by atoms with Gasteiger partial charge in [0.2, 0.25) is 5.91 Å². The summed E-state index contributed by atoms with van der Waals surface area (Å²) in [5.74, 6) is -0.0486. The second-order valence-electron chi connectivity index (χ2n) is 1.63. The van der Waals surface area contributed by atoms with Gasteiger partial charge >= 0.3 is 0 Å². The molecule has 0 bridgehead atoms. The van der Waals surface area contributed by atoms with Gasteiger partial charge in [-0.25, -0.2) is 0 Å². The summed E-state index contributed by atoms with van der Waals surface area (Å²) in [5, 5.41) is 0. The summed E-state index contributed by atoms with van der Waals surface area (Å²) < 4.78 is 0. The molecule has 78 valence electrons. The summed E-state index contributed by atoms with van der Waals surface area (Å²) in [4.78, 5) is 12.2. The first-order valence-corrected chi connectivity index (χ1v) is 4.74. The molecule has 0 radical (unpaired) electrons. The molecule has 13 heavy (non-hydrogen) atoms. The molecule has 0 atom stereocenters. The van der Waals surface area contributed by atoms with E-state index in [0.29, 0.717) is 0 Å². The number of nitrogens with zero attached hydrogens (tertiary/aromatic N) is 1. The number of amides is 1. The summed E-state index contributed by atoms with van der Waals surface area (Å²) in [6.45, 7) is 13.2. The molecule has 0 aromatic rings. The fraction of sp³-hybridized carbons (Fsp3) is 0.545. The van der Waals surface area contributed by atoms with Crippen molar-refractivity contribution in [3.05, 3.63) is 24.9 Å². The van der Waals surface area contributed by atoms with Gasteiger partial charge in [-0.05, 0) is 19.2 Å². The van der Waals surface area contributed by atoms with Crippen LogP contribution in [0.1, 0.15) is 34.6 Å². The molecule has 2 heteroatoms. The molecule has 0 fully saturated rings. The molecule has 0 N–H and O–H groups in total. The van der Waals surface area contributed by atoms with Crippen LogP contribution in [0.4, 0.5) is 0 Å². The molecule has 0 spiro atoms. The van der Waals surface area contributed by atoms with Crippen LogP contribution in [0.2, 0.25) is 0 Å². The summed E-state index contributed by atoms with van der Waals surface area (Å²) in [6.07, 6.45) is 4.66. The van der Waals surface area contributed by atoms with Gasteiger partial charge in [0.1, 0.15) is 0 Å². The van der Waals surface area contributed by atoms with Crippen LogP contribution >= 0.6 is 0 Å². The maximum atomic E-state index is 10.7. The second-order valence-corrected chi connectivity index (χ2v) is 1.63. The Labute approximate surface area is 82.9 Å². The van der Waals surface area contributed by atoms with Crippen molar-refractivity contribution in [2.24, 2.45) is 0 Å². The molecule has 0 aliphatic rings. The predicted octanol–water partition coefficient (Wildman–Crippen LogP) is 3.22. The number of allylic oxidation sites excluding steroid dienone is 1. The standard InChI is InChI=1S/C7H11NO.2C2H6/c1-4-6-7(9)8(3)5-2;2*1-2/h4-6H,2H2,1,3H3;2*1-2H3/b6-4-;;. The SMILES string of the molecule is C=CN(C)C(=O)/C=C\C.CC.CC. The van der Waals surface area contributed by atoms with Crippen molar-refractivity contribution in [1.82, 2.24) is 4.90 Å². The number of rotatable bonds is 2. The Morgan fingerprint density at radius 2 is 1.62 bits per heavy atom. The van der Waals surface area contributed by atoms with E-state index in [1.54, 1.807) is 20.0 Å². The first kappa shape index (κ1) is 17.9. The minimum atomic E-state index is -0.0486. The van der Waals surface area contributed by atoms with Crippen LogP contribution in [-0.2, 0) is 4.79 Å². The normalized spacial score (nSPS) is 7.54. The zero-order chi connectivity index (χ0) is 11.3. The Morgan fingerprint density at radius 1 is 1.23 bits per heavy atom. The average Bonchev–Trinajstić information content (AvgIpc) is 2.23. The Kier molecular flexibility index (Phi) is 23.6. The van der Waals surface area contributed by atoms with E-state index in [0.717, 1.165) is 0 Å². The zero-order valence-corrected chi connectivity index (χ0v) is 9.79. The molecule has 0 rings (SSSR count). The summed E-state index contributed by atoms with van der Waals surface area (Å²) in [6, 6.07) is 0. The average molecular weight is 185 g/mol. The molecule has 0 unspecified atom stereocenters. The number of carbonyl (C=O) groups is 1. The van der Waals surface area contributed by atoms with Gasteiger partial charge < -0.3 is 4.90 Å². The Balaban J connectivity index is -0.000000218. The molecule has 2 nitrogen and oxygen atoms in total. The van der Waals surface area contributed by atoms with Gasteiger partial charge in [-0.1, -0.05) is 40.3 Å². The Morgan fingerprint density at radius 3 is 1.85 bits per heavy atom. The Hall–Kier alpha value is -1.05. The lowest BCUT2D eigenvalue weighted by atomic mass is 10.5. The van der Waals surface area contributed by atoms with Crippen LogP contribution in [0.5, 0.6) is 0 Å². The molecular formula is C11H23NO. The lowest BCUT2D eigenvalue weighted by molar-refractivity contribution is -0.122. The molecule has 0 heterocycles. The molecule has 0 aromatic carbocycles. The molecule has 1 amide bonds. The highest BCUT2D eigenvalue weighted by Gasteiger charge is 1.95. The summed E-state index contributed by atoms with van der Waals surface area (Å²) in [5.41, 5.74) is 0. The van der Waals surface area contributed by atoms with E-state index in [9.17, 15) is 4.79 Å². The molecular weight excluding hydrogens is 162 g/mol. The first-order chi connectivity index (χ1) is 6.22. The third kappa shape index (κ3) is 13.9. The van der Waals surface area contributed by atoms with Crippen molar-refractivity contribution >= 4 is 5.91 Å². The zero-order valence-electron chi connectivity index (χ0n) is 9.79. The number of hydrogen-bond acceptors (Lipinski definition) is 1. The maximum absolute atomic E-state index is 10.7. The van der Waals surface area contributed by atoms with E-state index in [4.69, 9.17) is 0 Å². The third-order valence-electron chi connectivity index (χ3n) is 0.931. The third-order valence-corrected chi connectivity index (χ3v) is 0.931. The van der Waals surface area contributed by atoms with Crippen LogP contribution in [0, 0.1) is 0 Å². The van der Waals surface area contributed by atoms with Gasteiger partial charge in [-0.15, -0.1) is 0 Å². The molecule has 0 saturated heterocycles. The van der Waals surface area contributed by atoms with Crippen molar-refractivity contribution in [2.45, 2.75) is 34.6 Å². The van der Waals surface area contributed by atoms with E-state index in [1.165, 1.54) is 17.2 Å². The minimum absolute atomic E-state index is 0.0486. The van der Waals surface area contributed by atoms with Crippen LogP contribution in [0.15, 0.2) is 24.9 Å². The summed E-state index contributed by atoms with van der Waals surface area (Å²) in [7, 11) is 1.66. The second kappa shape index (κ2) is 17.2. The maximum Gasteiger partial charge on any atom is 0.249 e. The Bertz CT molecular complexity index is 139. The van der Waals surface area contributed by atoms with E-state index in [-0.39, 0.29) is 5.91 Å². The van der Waals surface area contributed by atoms with Gasteiger partial charge in [0.15, 0.2) is 0 Å². The van der Waals surface area contributed by atoms with Crippen molar-refractivity contribution in [1.29, 1.82) is 0 Å².